The molecule has 0 bridgehead atoms. The second-order valence-electron chi connectivity index (χ2n) is 3.31. The third-order valence-corrected chi connectivity index (χ3v) is 2.18. The number of hydrogen-bond donors (Lipinski definition) is 0. The molecule has 0 amide bonds. The van der Waals surface area contributed by atoms with Crippen molar-refractivity contribution in [3.63, 3.8) is 0 Å². The van der Waals surface area contributed by atoms with Crippen LogP contribution in [0.3, 0.4) is 0 Å². The fourth-order valence-electron chi connectivity index (χ4n) is 1.35. The maximum atomic E-state index is 11.0. The summed E-state index contributed by atoms with van der Waals surface area (Å²) in [4.78, 5) is 11.0. The van der Waals surface area contributed by atoms with E-state index in [0.717, 1.165) is 5.56 Å². The van der Waals surface area contributed by atoms with Gasteiger partial charge in [0.2, 0.25) is 0 Å². The van der Waals surface area contributed by atoms with Gasteiger partial charge in [-0.1, -0.05) is 36.4 Å². The van der Waals surface area contributed by atoms with Crippen LogP contribution in [0.2, 0.25) is 0 Å². The van der Waals surface area contributed by atoms with Gasteiger partial charge >= 0.3 is 5.97 Å². The molecule has 0 aliphatic rings. The van der Waals surface area contributed by atoms with Crippen molar-refractivity contribution in [3.05, 3.63) is 48.6 Å². The molecular weight excluding hydrogens is 204 g/mol. The van der Waals surface area contributed by atoms with Crippen LogP contribution in [0.25, 0.3) is 0 Å². The third-order valence-electron chi connectivity index (χ3n) is 2.18. The summed E-state index contributed by atoms with van der Waals surface area (Å²) in [6.07, 6.45) is 2.30. The fraction of sp³-hybridized carbons (Fsp3) is 0.308. The van der Waals surface area contributed by atoms with E-state index in [-0.39, 0.29) is 18.7 Å². The number of carbonyl (C=O) groups is 1. The topological polar surface area (TPSA) is 35.5 Å². The molecule has 1 atom stereocenters. The average Bonchev–Trinajstić information content (AvgIpc) is 2.35. The van der Waals surface area contributed by atoms with E-state index in [4.69, 9.17) is 4.74 Å². The molecule has 86 valence electrons. The Morgan fingerprint density at radius 3 is 2.69 bits per heavy atom. The van der Waals surface area contributed by atoms with Crippen LogP contribution in [-0.4, -0.2) is 19.7 Å². The van der Waals surface area contributed by atoms with E-state index in [0.29, 0.717) is 6.42 Å². The molecule has 0 fully saturated rings. The molecule has 1 aromatic rings. The van der Waals surface area contributed by atoms with Crippen LogP contribution in [0, 0.1) is 0 Å². The zero-order valence-electron chi connectivity index (χ0n) is 9.39. The number of esters is 1. The maximum absolute atomic E-state index is 11.0. The van der Waals surface area contributed by atoms with Crippen molar-refractivity contribution in [2.45, 2.75) is 12.5 Å². The van der Waals surface area contributed by atoms with Gasteiger partial charge in [0.1, 0.15) is 6.61 Å². The van der Waals surface area contributed by atoms with Gasteiger partial charge in [-0.25, -0.2) is 4.79 Å². The van der Waals surface area contributed by atoms with Crippen molar-refractivity contribution >= 4 is 5.97 Å². The van der Waals surface area contributed by atoms with Gasteiger partial charge in [-0.15, -0.1) is 6.58 Å². The Kier molecular flexibility index (Phi) is 5.29. The molecule has 0 spiro atoms. The van der Waals surface area contributed by atoms with Crippen molar-refractivity contribution in [1.29, 1.82) is 0 Å². The van der Waals surface area contributed by atoms with Crippen molar-refractivity contribution in [1.82, 2.24) is 0 Å². The highest BCUT2D eigenvalue weighted by molar-refractivity contribution is 5.70. The molecule has 1 rings (SSSR count). The lowest BCUT2D eigenvalue weighted by atomic mass is 10.1. The van der Waals surface area contributed by atoms with Gasteiger partial charge in [-0.05, 0) is 12.0 Å². The van der Waals surface area contributed by atoms with Gasteiger partial charge in [-0.2, -0.15) is 0 Å². The number of hydrogen-bond acceptors (Lipinski definition) is 3. The van der Waals surface area contributed by atoms with E-state index in [1.54, 1.807) is 6.08 Å². The first-order valence-electron chi connectivity index (χ1n) is 5.12. The number of methoxy groups -OCH3 is 1. The van der Waals surface area contributed by atoms with E-state index >= 15 is 0 Å². The monoisotopic (exact) mass is 220 g/mol. The highest BCUT2D eigenvalue weighted by atomic mass is 16.6. The molecule has 16 heavy (non-hydrogen) atoms. The summed E-state index contributed by atoms with van der Waals surface area (Å²) >= 11 is 0. The molecule has 1 aromatic carbocycles. The second-order valence-corrected chi connectivity index (χ2v) is 3.31. The zero-order chi connectivity index (χ0) is 11.8. The number of ether oxygens (including phenoxy) is 2. The van der Waals surface area contributed by atoms with Crippen LogP contribution in [0.5, 0.6) is 0 Å². The molecule has 0 radical (unpaired) electrons. The smallest absolute Gasteiger partial charge is 0.331 e. The molecule has 0 aliphatic carbocycles. The van der Waals surface area contributed by atoms with Crippen molar-refractivity contribution in [2.24, 2.45) is 0 Å². The van der Waals surface area contributed by atoms with Crippen molar-refractivity contribution in [2.75, 3.05) is 13.7 Å². The lowest BCUT2D eigenvalue weighted by molar-refractivity contribution is -0.148. The summed E-state index contributed by atoms with van der Waals surface area (Å²) in [5, 5.41) is 0. The van der Waals surface area contributed by atoms with Gasteiger partial charge in [-0.3, -0.25) is 0 Å². The Hall–Kier alpha value is -1.61. The quantitative estimate of drug-likeness (QED) is 0.546. The largest absolute Gasteiger partial charge is 0.467 e. The molecule has 0 N–H and O–H groups in total. The number of benzene rings is 1. The van der Waals surface area contributed by atoms with Gasteiger partial charge in [0, 0.05) is 0 Å². The molecule has 0 saturated carbocycles. The molecule has 1 unspecified atom stereocenters. The van der Waals surface area contributed by atoms with Crippen LogP contribution in [0.1, 0.15) is 18.1 Å². The summed E-state index contributed by atoms with van der Waals surface area (Å²) in [6, 6.07) is 9.74. The van der Waals surface area contributed by atoms with E-state index in [9.17, 15) is 4.79 Å². The first-order valence-corrected chi connectivity index (χ1v) is 5.12. The zero-order valence-corrected chi connectivity index (χ0v) is 9.39. The van der Waals surface area contributed by atoms with Crippen LogP contribution < -0.4 is 0 Å². The maximum Gasteiger partial charge on any atom is 0.331 e. The Balaban J connectivity index is 2.61. The van der Waals surface area contributed by atoms with Crippen molar-refractivity contribution in [3.8, 4) is 0 Å². The summed E-state index contributed by atoms with van der Waals surface area (Å²) in [5.41, 5.74) is 1.03. The lowest BCUT2D eigenvalue weighted by Crippen LogP contribution is -2.13. The van der Waals surface area contributed by atoms with Gasteiger partial charge in [0.05, 0.1) is 13.2 Å². The Bertz CT molecular complexity index is 332. The number of rotatable bonds is 6. The van der Waals surface area contributed by atoms with E-state index < -0.39 is 0 Å². The average molecular weight is 220 g/mol. The summed E-state index contributed by atoms with van der Waals surface area (Å²) in [7, 11) is 1.34. The lowest BCUT2D eigenvalue weighted by Gasteiger charge is -2.15. The van der Waals surface area contributed by atoms with Crippen LogP contribution in [0.4, 0.5) is 0 Å². The minimum atomic E-state index is -0.370. The first kappa shape index (κ1) is 12.5. The summed E-state index contributed by atoms with van der Waals surface area (Å²) in [6.45, 7) is 3.64. The highest BCUT2D eigenvalue weighted by Crippen LogP contribution is 2.21. The van der Waals surface area contributed by atoms with Gasteiger partial charge < -0.3 is 9.47 Å². The van der Waals surface area contributed by atoms with Crippen LogP contribution in [0.15, 0.2) is 43.0 Å². The summed E-state index contributed by atoms with van der Waals surface area (Å²) in [5.74, 6) is -0.370. The Morgan fingerprint density at radius 1 is 1.44 bits per heavy atom. The van der Waals surface area contributed by atoms with Gasteiger partial charge in [0.15, 0.2) is 0 Å². The molecule has 0 heterocycles. The predicted octanol–water partition coefficient (Wildman–Crippen LogP) is 2.49. The minimum absolute atomic E-state index is 0.0378. The van der Waals surface area contributed by atoms with Gasteiger partial charge in [0.25, 0.3) is 0 Å². The summed E-state index contributed by atoms with van der Waals surface area (Å²) < 4.78 is 10.0. The minimum Gasteiger partial charge on any atom is -0.467 e. The Morgan fingerprint density at radius 2 is 2.12 bits per heavy atom. The SMILES string of the molecule is C=CCC(OCC(=O)OC)c1ccccc1. The molecule has 3 nitrogen and oxygen atoms in total. The molecule has 3 heteroatoms. The molecule has 0 saturated heterocycles. The van der Waals surface area contributed by atoms with Crippen molar-refractivity contribution < 1.29 is 14.3 Å². The standard InChI is InChI=1S/C13H16O3/c1-3-7-12(16-10-13(14)15-2)11-8-5-4-6-9-11/h3-6,8-9,12H,1,7,10H2,2H3. The predicted molar refractivity (Wildman–Crippen MR) is 62.0 cm³/mol. The van der Waals surface area contributed by atoms with E-state index in [1.807, 2.05) is 30.3 Å². The van der Waals surface area contributed by atoms with E-state index in [1.165, 1.54) is 7.11 Å². The highest BCUT2D eigenvalue weighted by Gasteiger charge is 2.12. The molecule has 0 aromatic heterocycles. The normalized spacial score (nSPS) is 11.8. The van der Waals surface area contributed by atoms with E-state index in [2.05, 4.69) is 11.3 Å². The van der Waals surface area contributed by atoms with Crippen LogP contribution >= 0.6 is 0 Å². The number of carbonyl (C=O) groups excluding carboxylic acids is 1. The van der Waals surface area contributed by atoms with Crippen LogP contribution in [-0.2, 0) is 14.3 Å². The molecule has 0 aliphatic heterocycles. The Labute approximate surface area is 95.7 Å². The fourth-order valence-corrected chi connectivity index (χ4v) is 1.35. The first-order chi connectivity index (χ1) is 7.77. The second kappa shape index (κ2) is 6.80. The third kappa shape index (κ3) is 3.87. The molecular formula is C13H16O3.